The number of rotatable bonds is 2. The fraction of sp³-hybridized carbons (Fsp3) is 0.0625. The van der Waals surface area contributed by atoms with Gasteiger partial charge in [0.25, 0.3) is 0 Å². The molecular formula is C16H12N4. The van der Waals surface area contributed by atoms with Crippen molar-refractivity contribution in [1.82, 2.24) is 9.97 Å². The fourth-order valence-corrected chi connectivity index (χ4v) is 2.08. The lowest BCUT2D eigenvalue weighted by Crippen LogP contribution is -1.95. The Balaban J connectivity index is 1.94. The molecule has 3 aromatic rings. The summed E-state index contributed by atoms with van der Waals surface area (Å²) in [5.74, 6) is 0.614. The van der Waals surface area contributed by atoms with Gasteiger partial charge in [0.2, 0.25) is 0 Å². The largest absolute Gasteiger partial charge is 0.340 e. The number of aromatic nitrogens is 2. The topological polar surface area (TPSA) is 61.6 Å². The molecule has 1 aromatic heterocycles. The highest BCUT2D eigenvalue weighted by Crippen LogP contribution is 2.22. The van der Waals surface area contributed by atoms with Crippen LogP contribution < -0.4 is 5.32 Å². The van der Waals surface area contributed by atoms with Crippen LogP contribution in [0.2, 0.25) is 0 Å². The van der Waals surface area contributed by atoms with E-state index in [9.17, 15) is 0 Å². The van der Waals surface area contributed by atoms with Crippen molar-refractivity contribution in [2.45, 2.75) is 6.92 Å². The van der Waals surface area contributed by atoms with Gasteiger partial charge >= 0.3 is 0 Å². The minimum absolute atomic E-state index is 0.346. The zero-order chi connectivity index (χ0) is 13.9. The van der Waals surface area contributed by atoms with E-state index < -0.39 is 0 Å². The summed E-state index contributed by atoms with van der Waals surface area (Å²) in [6.45, 7) is 2.08. The number of nitrogens with zero attached hydrogens (tertiary/aromatic N) is 3. The second kappa shape index (κ2) is 4.98. The van der Waals surface area contributed by atoms with E-state index in [0.29, 0.717) is 11.5 Å². The standard InChI is InChI=1S/C16H12N4/c1-11-2-3-13-7-14(5-4-12(13)6-11)20-16-8-15(9-17)18-10-19-16/h2-8,10H,1H3,(H,18,19,20). The van der Waals surface area contributed by atoms with Crippen LogP contribution in [0.4, 0.5) is 11.5 Å². The predicted octanol–water partition coefficient (Wildman–Crippen LogP) is 3.55. The number of fused-ring (bicyclic) bond motifs is 1. The third-order valence-electron chi connectivity index (χ3n) is 3.05. The van der Waals surface area contributed by atoms with E-state index in [1.807, 2.05) is 12.1 Å². The van der Waals surface area contributed by atoms with Gasteiger partial charge in [-0.2, -0.15) is 5.26 Å². The molecule has 2 aromatic carbocycles. The minimum atomic E-state index is 0.346. The summed E-state index contributed by atoms with van der Waals surface area (Å²) in [6, 6.07) is 16.1. The molecule has 0 bridgehead atoms. The van der Waals surface area contributed by atoms with Crippen LogP contribution in [-0.4, -0.2) is 9.97 Å². The second-order valence-electron chi connectivity index (χ2n) is 4.59. The molecule has 4 heteroatoms. The minimum Gasteiger partial charge on any atom is -0.340 e. The van der Waals surface area contributed by atoms with Crippen LogP contribution in [0.5, 0.6) is 0 Å². The number of anilines is 2. The second-order valence-corrected chi connectivity index (χ2v) is 4.59. The highest BCUT2D eigenvalue weighted by molar-refractivity contribution is 5.86. The third-order valence-corrected chi connectivity index (χ3v) is 3.05. The van der Waals surface area contributed by atoms with Gasteiger partial charge < -0.3 is 5.32 Å². The zero-order valence-corrected chi connectivity index (χ0v) is 11.0. The Morgan fingerprint density at radius 2 is 1.80 bits per heavy atom. The number of hydrogen-bond donors (Lipinski definition) is 1. The van der Waals surface area contributed by atoms with Crippen molar-refractivity contribution in [3.8, 4) is 6.07 Å². The summed E-state index contributed by atoms with van der Waals surface area (Å²) in [5.41, 5.74) is 2.52. The van der Waals surface area contributed by atoms with E-state index in [1.165, 1.54) is 17.3 Å². The predicted molar refractivity (Wildman–Crippen MR) is 78.7 cm³/mol. The van der Waals surface area contributed by atoms with Gasteiger partial charge in [0.1, 0.15) is 23.9 Å². The average Bonchev–Trinajstić information content (AvgIpc) is 2.47. The number of nitrogens with one attached hydrogen (secondary N) is 1. The Hall–Kier alpha value is -2.93. The van der Waals surface area contributed by atoms with Crippen LogP contribution in [-0.2, 0) is 0 Å². The summed E-state index contributed by atoms with van der Waals surface area (Å²) in [6.07, 6.45) is 1.38. The van der Waals surface area contributed by atoms with Crippen molar-refractivity contribution in [1.29, 1.82) is 5.26 Å². The van der Waals surface area contributed by atoms with Crippen molar-refractivity contribution in [2.24, 2.45) is 0 Å². The maximum atomic E-state index is 8.83. The van der Waals surface area contributed by atoms with Gasteiger partial charge in [0.15, 0.2) is 0 Å². The third kappa shape index (κ3) is 2.43. The Labute approximate surface area is 116 Å². The molecule has 0 fully saturated rings. The van der Waals surface area contributed by atoms with E-state index in [-0.39, 0.29) is 0 Å². The van der Waals surface area contributed by atoms with Gasteiger partial charge in [-0.15, -0.1) is 0 Å². The van der Waals surface area contributed by atoms with Gasteiger partial charge in [-0.3, -0.25) is 0 Å². The zero-order valence-electron chi connectivity index (χ0n) is 11.0. The summed E-state index contributed by atoms with van der Waals surface area (Å²) in [7, 11) is 0. The molecule has 0 unspecified atom stereocenters. The number of hydrogen-bond acceptors (Lipinski definition) is 4. The van der Waals surface area contributed by atoms with Gasteiger partial charge in [-0.25, -0.2) is 9.97 Å². The number of aryl methyl sites for hydroxylation is 1. The van der Waals surface area contributed by atoms with Gasteiger partial charge in [0, 0.05) is 11.8 Å². The molecule has 0 radical (unpaired) electrons. The maximum Gasteiger partial charge on any atom is 0.145 e. The Morgan fingerprint density at radius 3 is 2.65 bits per heavy atom. The summed E-state index contributed by atoms with van der Waals surface area (Å²) >= 11 is 0. The van der Waals surface area contributed by atoms with Crippen LogP contribution in [0.3, 0.4) is 0 Å². The van der Waals surface area contributed by atoms with Gasteiger partial charge in [-0.1, -0.05) is 29.8 Å². The molecule has 96 valence electrons. The molecule has 1 N–H and O–H groups in total. The molecule has 0 saturated carbocycles. The van der Waals surface area contributed by atoms with Crippen LogP contribution in [0, 0.1) is 18.3 Å². The van der Waals surface area contributed by atoms with E-state index in [4.69, 9.17) is 5.26 Å². The average molecular weight is 260 g/mol. The van der Waals surface area contributed by atoms with Crippen molar-refractivity contribution in [3.63, 3.8) is 0 Å². The molecule has 0 atom stereocenters. The first-order valence-corrected chi connectivity index (χ1v) is 6.24. The monoisotopic (exact) mass is 260 g/mol. The Morgan fingerprint density at radius 1 is 1.00 bits per heavy atom. The first-order chi connectivity index (χ1) is 9.74. The fourth-order valence-electron chi connectivity index (χ4n) is 2.08. The molecule has 4 nitrogen and oxygen atoms in total. The van der Waals surface area contributed by atoms with E-state index in [2.05, 4.69) is 52.5 Å². The first kappa shape index (κ1) is 12.1. The highest BCUT2D eigenvalue weighted by atomic mass is 15.0. The lowest BCUT2D eigenvalue weighted by atomic mass is 10.1. The number of nitriles is 1. The van der Waals surface area contributed by atoms with Crippen molar-refractivity contribution >= 4 is 22.3 Å². The lowest BCUT2D eigenvalue weighted by Gasteiger charge is -2.07. The molecule has 3 rings (SSSR count). The molecule has 0 aliphatic heterocycles. The molecule has 1 heterocycles. The quantitative estimate of drug-likeness (QED) is 0.765. The van der Waals surface area contributed by atoms with Crippen LogP contribution in [0.1, 0.15) is 11.3 Å². The molecular weight excluding hydrogens is 248 g/mol. The Kier molecular flexibility index (Phi) is 3.02. The van der Waals surface area contributed by atoms with E-state index >= 15 is 0 Å². The highest BCUT2D eigenvalue weighted by Gasteiger charge is 2.00. The van der Waals surface area contributed by atoms with Gasteiger partial charge in [-0.05, 0) is 29.8 Å². The first-order valence-electron chi connectivity index (χ1n) is 6.24. The Bertz CT molecular complexity index is 818. The van der Waals surface area contributed by atoms with Crippen molar-refractivity contribution < 1.29 is 0 Å². The van der Waals surface area contributed by atoms with Crippen molar-refractivity contribution in [3.05, 3.63) is 60.0 Å². The molecule has 0 aliphatic rings. The van der Waals surface area contributed by atoms with Crippen LogP contribution >= 0.6 is 0 Å². The maximum absolute atomic E-state index is 8.83. The molecule has 0 amide bonds. The lowest BCUT2D eigenvalue weighted by molar-refractivity contribution is 1.14. The van der Waals surface area contributed by atoms with E-state index in [0.717, 1.165) is 11.1 Å². The van der Waals surface area contributed by atoms with Gasteiger partial charge in [0.05, 0.1) is 0 Å². The number of benzene rings is 2. The SMILES string of the molecule is Cc1ccc2cc(Nc3cc(C#N)ncn3)ccc2c1. The summed E-state index contributed by atoms with van der Waals surface area (Å²) < 4.78 is 0. The molecule has 20 heavy (non-hydrogen) atoms. The molecule has 0 aliphatic carbocycles. The summed E-state index contributed by atoms with van der Waals surface area (Å²) in [5, 5.41) is 14.4. The summed E-state index contributed by atoms with van der Waals surface area (Å²) in [4.78, 5) is 7.95. The molecule has 0 saturated heterocycles. The smallest absolute Gasteiger partial charge is 0.145 e. The van der Waals surface area contributed by atoms with E-state index in [1.54, 1.807) is 6.07 Å². The molecule has 0 spiro atoms. The van der Waals surface area contributed by atoms with Crippen LogP contribution in [0.25, 0.3) is 10.8 Å². The van der Waals surface area contributed by atoms with Crippen LogP contribution in [0.15, 0.2) is 48.8 Å². The van der Waals surface area contributed by atoms with Crippen molar-refractivity contribution in [2.75, 3.05) is 5.32 Å². The normalized spacial score (nSPS) is 10.2.